The Morgan fingerprint density at radius 1 is 0.914 bits per heavy atom. The van der Waals surface area contributed by atoms with Crippen molar-refractivity contribution < 1.29 is 27.4 Å². The molecule has 0 fully saturated rings. The molecule has 8 nitrogen and oxygen atoms in total. The van der Waals surface area contributed by atoms with E-state index in [0.29, 0.717) is 49.1 Å². The second-order valence-electron chi connectivity index (χ2n) is 7.71. The van der Waals surface area contributed by atoms with Crippen molar-refractivity contribution in [2.45, 2.75) is 25.3 Å². The molecule has 0 saturated heterocycles. The Morgan fingerprint density at radius 2 is 1.66 bits per heavy atom. The molecule has 1 amide bonds. The number of hydrogen-bond donors (Lipinski definition) is 2. The van der Waals surface area contributed by atoms with Gasteiger partial charge in [-0.25, -0.2) is 8.42 Å². The number of carbonyl (C=O) groups excluding carboxylic acids is 1. The Bertz CT molecular complexity index is 1240. The maximum atomic E-state index is 13.0. The molecule has 3 aromatic carbocycles. The smallest absolute Gasteiger partial charge is 0.261 e. The molecule has 0 saturated carbocycles. The summed E-state index contributed by atoms with van der Waals surface area (Å²) in [6.45, 7) is 5.72. The molecule has 35 heavy (non-hydrogen) atoms. The lowest BCUT2D eigenvalue weighted by Crippen LogP contribution is -2.17. The largest absolute Gasteiger partial charge is 0.497 e. The number of anilines is 2. The number of ether oxygens (including phenoxy) is 3. The van der Waals surface area contributed by atoms with Crippen LogP contribution in [0.25, 0.3) is 0 Å². The molecule has 0 bridgehead atoms. The molecular formula is C26H30N2O6S. The van der Waals surface area contributed by atoms with Gasteiger partial charge in [-0.2, -0.15) is 0 Å². The number of aryl methyl sites for hydroxylation is 1. The predicted octanol–water partition coefficient (Wildman–Crippen LogP) is 4.61. The number of methoxy groups -OCH3 is 1. The molecule has 9 heteroatoms. The van der Waals surface area contributed by atoms with E-state index in [1.54, 1.807) is 43.3 Å². The highest BCUT2D eigenvalue weighted by Crippen LogP contribution is 2.22. The zero-order valence-electron chi connectivity index (χ0n) is 20.0. The van der Waals surface area contributed by atoms with Gasteiger partial charge in [-0.15, -0.1) is 0 Å². The number of nitrogens with one attached hydrogen (secondary N) is 2. The fraction of sp³-hybridized carbons (Fsp3) is 0.269. The van der Waals surface area contributed by atoms with Gasteiger partial charge in [0.2, 0.25) is 0 Å². The van der Waals surface area contributed by atoms with Crippen LogP contribution in [0.3, 0.4) is 0 Å². The lowest BCUT2D eigenvalue weighted by atomic mass is 10.1. The van der Waals surface area contributed by atoms with Crippen LogP contribution in [-0.4, -0.2) is 41.3 Å². The van der Waals surface area contributed by atoms with E-state index in [0.717, 1.165) is 5.56 Å². The standard InChI is InChI=1S/C26H30N2O6S/c1-4-33-14-15-34-18-20-6-5-7-22(16-20)27-26(29)25-17-24(13-8-19(25)2)35(30,31)28-21-9-11-23(32-3)12-10-21/h5-13,16-17,28H,4,14-15,18H2,1-3H3,(H,27,29). The van der Waals surface area contributed by atoms with Crippen molar-refractivity contribution in [2.75, 3.05) is 37.0 Å². The molecule has 0 atom stereocenters. The Balaban J connectivity index is 1.71. The van der Waals surface area contributed by atoms with E-state index in [2.05, 4.69) is 10.0 Å². The quantitative estimate of drug-likeness (QED) is 0.354. The second-order valence-corrected chi connectivity index (χ2v) is 9.40. The molecule has 0 aliphatic heterocycles. The summed E-state index contributed by atoms with van der Waals surface area (Å²) < 4.78 is 44.3. The number of carbonyl (C=O) groups is 1. The monoisotopic (exact) mass is 498 g/mol. The summed E-state index contributed by atoms with van der Waals surface area (Å²) in [6.07, 6.45) is 0. The van der Waals surface area contributed by atoms with Gasteiger partial charge >= 0.3 is 0 Å². The van der Waals surface area contributed by atoms with Crippen LogP contribution in [-0.2, 0) is 26.1 Å². The third-order valence-corrected chi connectivity index (χ3v) is 6.51. The van der Waals surface area contributed by atoms with E-state index >= 15 is 0 Å². The van der Waals surface area contributed by atoms with Crippen molar-refractivity contribution in [1.29, 1.82) is 0 Å². The van der Waals surface area contributed by atoms with E-state index in [9.17, 15) is 13.2 Å². The highest BCUT2D eigenvalue weighted by Gasteiger charge is 2.19. The van der Waals surface area contributed by atoms with Gasteiger partial charge in [0.25, 0.3) is 15.9 Å². The van der Waals surface area contributed by atoms with Crippen LogP contribution in [0.1, 0.15) is 28.4 Å². The van der Waals surface area contributed by atoms with Crippen LogP contribution in [0, 0.1) is 6.92 Å². The second kappa shape index (κ2) is 12.3. The third-order valence-electron chi connectivity index (χ3n) is 5.14. The number of sulfonamides is 1. The molecule has 0 spiro atoms. The van der Waals surface area contributed by atoms with Gasteiger partial charge in [-0.3, -0.25) is 9.52 Å². The zero-order chi connectivity index (χ0) is 25.3. The van der Waals surface area contributed by atoms with E-state index in [4.69, 9.17) is 14.2 Å². The van der Waals surface area contributed by atoms with Gasteiger partial charge < -0.3 is 19.5 Å². The lowest BCUT2D eigenvalue weighted by molar-refractivity contribution is 0.0453. The summed E-state index contributed by atoms with van der Waals surface area (Å²) in [6, 6.07) is 18.3. The van der Waals surface area contributed by atoms with Crippen LogP contribution in [0.5, 0.6) is 5.75 Å². The molecular weight excluding hydrogens is 468 g/mol. The summed E-state index contributed by atoms with van der Waals surface area (Å²) in [5, 5.41) is 2.84. The van der Waals surface area contributed by atoms with Gasteiger partial charge in [-0.05, 0) is 73.5 Å². The van der Waals surface area contributed by atoms with Crippen LogP contribution < -0.4 is 14.8 Å². The Kier molecular flexibility index (Phi) is 9.25. The zero-order valence-corrected chi connectivity index (χ0v) is 20.9. The topological polar surface area (TPSA) is 103 Å². The van der Waals surface area contributed by atoms with Gasteiger partial charge in [0.1, 0.15) is 5.75 Å². The highest BCUT2D eigenvalue weighted by molar-refractivity contribution is 7.92. The van der Waals surface area contributed by atoms with Crippen molar-refractivity contribution in [3.05, 3.63) is 83.4 Å². The van der Waals surface area contributed by atoms with Crippen molar-refractivity contribution >= 4 is 27.3 Å². The minimum atomic E-state index is -3.90. The van der Waals surface area contributed by atoms with Crippen molar-refractivity contribution in [1.82, 2.24) is 0 Å². The first-order valence-electron chi connectivity index (χ1n) is 11.2. The number of amides is 1. The van der Waals surface area contributed by atoms with Crippen molar-refractivity contribution in [3.8, 4) is 5.75 Å². The predicted molar refractivity (Wildman–Crippen MR) is 136 cm³/mol. The Labute approximate surface area is 206 Å². The third kappa shape index (κ3) is 7.54. The minimum Gasteiger partial charge on any atom is -0.497 e. The van der Waals surface area contributed by atoms with Gasteiger partial charge in [0, 0.05) is 23.5 Å². The Hall–Kier alpha value is -3.40. The van der Waals surface area contributed by atoms with Crippen LogP contribution in [0.2, 0.25) is 0 Å². The Morgan fingerprint density at radius 3 is 2.37 bits per heavy atom. The van der Waals surface area contributed by atoms with Gasteiger partial charge in [0.05, 0.1) is 31.8 Å². The highest BCUT2D eigenvalue weighted by atomic mass is 32.2. The summed E-state index contributed by atoms with van der Waals surface area (Å²) >= 11 is 0. The number of rotatable bonds is 12. The van der Waals surface area contributed by atoms with Crippen LogP contribution in [0.4, 0.5) is 11.4 Å². The lowest BCUT2D eigenvalue weighted by Gasteiger charge is -2.13. The van der Waals surface area contributed by atoms with Crippen molar-refractivity contribution in [2.24, 2.45) is 0 Å². The maximum Gasteiger partial charge on any atom is 0.261 e. The molecule has 0 unspecified atom stereocenters. The molecule has 186 valence electrons. The average molecular weight is 499 g/mol. The molecule has 3 rings (SSSR count). The molecule has 0 heterocycles. The molecule has 3 aromatic rings. The summed E-state index contributed by atoms with van der Waals surface area (Å²) in [7, 11) is -2.37. The van der Waals surface area contributed by atoms with Crippen LogP contribution >= 0.6 is 0 Å². The number of hydrogen-bond acceptors (Lipinski definition) is 6. The summed E-state index contributed by atoms with van der Waals surface area (Å²) in [4.78, 5) is 13.0. The normalized spacial score (nSPS) is 11.2. The maximum absolute atomic E-state index is 13.0. The number of benzene rings is 3. The average Bonchev–Trinajstić information content (AvgIpc) is 2.84. The van der Waals surface area contributed by atoms with Crippen LogP contribution in [0.15, 0.2) is 71.6 Å². The molecule has 2 N–H and O–H groups in total. The molecule has 0 aliphatic carbocycles. The van der Waals surface area contributed by atoms with E-state index in [-0.39, 0.29) is 10.5 Å². The molecule has 0 radical (unpaired) electrons. The first kappa shape index (κ1) is 26.2. The van der Waals surface area contributed by atoms with Crippen molar-refractivity contribution in [3.63, 3.8) is 0 Å². The molecule has 0 aliphatic rings. The van der Waals surface area contributed by atoms with Gasteiger partial charge in [-0.1, -0.05) is 18.2 Å². The van der Waals surface area contributed by atoms with E-state index in [1.165, 1.54) is 19.2 Å². The summed E-state index contributed by atoms with van der Waals surface area (Å²) in [5.41, 5.74) is 2.79. The first-order valence-corrected chi connectivity index (χ1v) is 12.6. The molecule has 0 aromatic heterocycles. The van der Waals surface area contributed by atoms with E-state index in [1.807, 2.05) is 25.1 Å². The fourth-order valence-corrected chi connectivity index (χ4v) is 4.36. The minimum absolute atomic E-state index is 0.0134. The summed E-state index contributed by atoms with van der Waals surface area (Å²) in [5.74, 6) is 0.210. The SMILES string of the molecule is CCOCCOCc1cccc(NC(=O)c2cc(S(=O)(=O)Nc3ccc(OC)cc3)ccc2C)c1. The fourth-order valence-electron chi connectivity index (χ4n) is 3.28. The van der Waals surface area contributed by atoms with Gasteiger partial charge in [0.15, 0.2) is 0 Å². The first-order chi connectivity index (χ1) is 16.8. The van der Waals surface area contributed by atoms with E-state index < -0.39 is 15.9 Å².